The van der Waals surface area contributed by atoms with Crippen LogP contribution in [0.1, 0.15) is 36.1 Å². The zero-order valence-electron chi connectivity index (χ0n) is 9.42. The van der Waals surface area contributed by atoms with Gasteiger partial charge >= 0.3 is 0 Å². The summed E-state index contributed by atoms with van der Waals surface area (Å²) in [5, 5.41) is 11.0. The van der Waals surface area contributed by atoms with E-state index in [2.05, 4.69) is 6.92 Å². The number of benzene rings is 1. The summed E-state index contributed by atoms with van der Waals surface area (Å²) in [4.78, 5) is 0. The molecule has 0 aliphatic heterocycles. The van der Waals surface area contributed by atoms with Crippen molar-refractivity contribution in [2.24, 2.45) is 11.8 Å². The number of rotatable bonds is 2. The maximum Gasteiger partial charge on any atom is 0.0823 e. The van der Waals surface area contributed by atoms with Crippen molar-refractivity contribution in [2.75, 3.05) is 0 Å². The molecule has 1 aliphatic carbocycles. The van der Waals surface area contributed by atoms with Crippen molar-refractivity contribution in [3.63, 3.8) is 0 Å². The van der Waals surface area contributed by atoms with E-state index in [1.165, 1.54) is 0 Å². The molecule has 0 aromatic heterocycles. The molecule has 3 atom stereocenters. The Morgan fingerprint density at radius 1 is 1.33 bits per heavy atom. The Bertz CT molecular complexity index is 386. The highest BCUT2D eigenvalue weighted by Crippen LogP contribution is 2.47. The van der Waals surface area contributed by atoms with Crippen molar-refractivity contribution >= 4 is 11.6 Å². The Labute approximate surface area is 96.1 Å². The third-order valence-electron chi connectivity index (χ3n) is 3.44. The van der Waals surface area contributed by atoms with E-state index < -0.39 is 0 Å². The third-order valence-corrected chi connectivity index (χ3v) is 3.85. The van der Waals surface area contributed by atoms with Gasteiger partial charge in [0.05, 0.1) is 6.10 Å². The van der Waals surface area contributed by atoms with Crippen LogP contribution >= 0.6 is 11.6 Å². The normalized spacial score (nSPS) is 26.5. The van der Waals surface area contributed by atoms with Gasteiger partial charge in [0.2, 0.25) is 0 Å². The van der Waals surface area contributed by atoms with Gasteiger partial charge in [-0.1, -0.05) is 24.6 Å². The van der Waals surface area contributed by atoms with Crippen molar-refractivity contribution in [3.8, 4) is 0 Å². The van der Waals surface area contributed by atoms with Gasteiger partial charge in [-0.25, -0.2) is 0 Å². The molecule has 2 rings (SSSR count). The number of hydrogen-bond acceptors (Lipinski definition) is 1. The van der Waals surface area contributed by atoms with Gasteiger partial charge in [0.25, 0.3) is 0 Å². The minimum absolute atomic E-state index is 0.309. The van der Waals surface area contributed by atoms with Crippen molar-refractivity contribution in [1.82, 2.24) is 0 Å². The van der Waals surface area contributed by atoms with Gasteiger partial charge in [0.1, 0.15) is 0 Å². The Morgan fingerprint density at radius 2 is 1.93 bits per heavy atom. The second-order valence-electron chi connectivity index (χ2n) is 4.78. The van der Waals surface area contributed by atoms with Gasteiger partial charge in [-0.3, -0.25) is 0 Å². The Kier molecular flexibility index (Phi) is 2.78. The molecule has 1 N–H and O–H groups in total. The summed E-state index contributed by atoms with van der Waals surface area (Å²) in [6.07, 6.45) is 0.832. The molecular formula is C13H17ClO. The molecule has 1 fully saturated rings. The van der Waals surface area contributed by atoms with Crippen LogP contribution in [0.15, 0.2) is 12.1 Å². The van der Waals surface area contributed by atoms with Crippen LogP contribution in [0.5, 0.6) is 0 Å². The van der Waals surface area contributed by atoms with Crippen LogP contribution in [0, 0.1) is 25.7 Å². The predicted octanol–water partition coefficient (Wildman–Crippen LogP) is 3.65. The summed E-state index contributed by atoms with van der Waals surface area (Å²) >= 11 is 6.03. The van der Waals surface area contributed by atoms with E-state index in [1.54, 1.807) is 0 Å². The summed E-state index contributed by atoms with van der Waals surface area (Å²) in [7, 11) is 0. The van der Waals surface area contributed by atoms with Crippen molar-refractivity contribution < 1.29 is 5.11 Å². The lowest BCUT2D eigenvalue weighted by Gasteiger charge is -2.15. The molecule has 0 bridgehead atoms. The lowest BCUT2D eigenvalue weighted by Crippen LogP contribution is -2.04. The quantitative estimate of drug-likeness (QED) is 0.813. The van der Waals surface area contributed by atoms with Crippen LogP contribution in [0.2, 0.25) is 5.02 Å². The maximum atomic E-state index is 10.2. The van der Waals surface area contributed by atoms with Crippen molar-refractivity contribution in [1.29, 1.82) is 0 Å². The molecule has 1 aromatic rings. The lowest BCUT2D eigenvalue weighted by molar-refractivity contribution is 0.147. The van der Waals surface area contributed by atoms with Gasteiger partial charge in [0, 0.05) is 5.02 Å². The highest BCUT2D eigenvalue weighted by molar-refractivity contribution is 6.31. The van der Waals surface area contributed by atoms with E-state index in [1.807, 2.05) is 26.0 Å². The summed E-state index contributed by atoms with van der Waals surface area (Å²) in [5.74, 6) is 1.11. The number of hydrogen-bond donors (Lipinski definition) is 1. The summed E-state index contributed by atoms with van der Waals surface area (Å²) in [6.45, 7) is 6.18. The second kappa shape index (κ2) is 3.80. The maximum absolute atomic E-state index is 10.2. The Balaban J connectivity index is 2.31. The lowest BCUT2D eigenvalue weighted by atomic mass is 9.97. The first-order valence-electron chi connectivity index (χ1n) is 5.45. The molecule has 0 saturated heterocycles. The average Bonchev–Trinajstić information content (AvgIpc) is 2.88. The van der Waals surface area contributed by atoms with Crippen LogP contribution < -0.4 is 0 Å². The molecule has 1 saturated carbocycles. The number of aliphatic hydroxyl groups is 1. The molecule has 0 radical (unpaired) electrons. The molecule has 1 nitrogen and oxygen atoms in total. The van der Waals surface area contributed by atoms with E-state index >= 15 is 0 Å². The first kappa shape index (κ1) is 11.0. The summed E-state index contributed by atoms with van der Waals surface area (Å²) < 4.78 is 0. The second-order valence-corrected chi connectivity index (χ2v) is 5.19. The Hall–Kier alpha value is -0.530. The summed E-state index contributed by atoms with van der Waals surface area (Å²) in [5.41, 5.74) is 3.19. The first-order chi connectivity index (χ1) is 7.00. The molecule has 0 heterocycles. The van der Waals surface area contributed by atoms with E-state index in [0.29, 0.717) is 11.8 Å². The topological polar surface area (TPSA) is 20.2 Å². The van der Waals surface area contributed by atoms with Crippen molar-refractivity contribution in [2.45, 2.75) is 33.3 Å². The zero-order valence-corrected chi connectivity index (χ0v) is 10.2. The smallest absolute Gasteiger partial charge is 0.0823 e. The zero-order chi connectivity index (χ0) is 11.2. The molecule has 2 heteroatoms. The minimum atomic E-state index is -0.309. The molecule has 0 spiro atoms. The monoisotopic (exact) mass is 224 g/mol. The number of aryl methyl sites for hydroxylation is 2. The molecule has 82 valence electrons. The first-order valence-corrected chi connectivity index (χ1v) is 5.83. The third kappa shape index (κ3) is 2.04. The van der Waals surface area contributed by atoms with E-state index in [9.17, 15) is 5.11 Å². The fourth-order valence-corrected chi connectivity index (χ4v) is 2.36. The fraction of sp³-hybridized carbons (Fsp3) is 0.538. The van der Waals surface area contributed by atoms with Gasteiger partial charge < -0.3 is 5.11 Å². The van der Waals surface area contributed by atoms with E-state index in [4.69, 9.17) is 11.6 Å². The minimum Gasteiger partial charge on any atom is -0.388 e. The van der Waals surface area contributed by atoms with Crippen molar-refractivity contribution in [3.05, 3.63) is 33.8 Å². The fourth-order valence-electron chi connectivity index (χ4n) is 2.14. The molecular weight excluding hydrogens is 208 g/mol. The average molecular weight is 225 g/mol. The summed E-state index contributed by atoms with van der Waals surface area (Å²) in [6, 6.07) is 3.97. The predicted molar refractivity (Wildman–Crippen MR) is 63.2 cm³/mol. The number of halogens is 1. The highest BCUT2D eigenvalue weighted by Gasteiger charge is 2.39. The van der Waals surface area contributed by atoms with Gasteiger partial charge in [-0.05, 0) is 54.9 Å². The molecule has 0 amide bonds. The van der Waals surface area contributed by atoms with Crippen LogP contribution in [0.25, 0.3) is 0 Å². The van der Waals surface area contributed by atoms with Crippen LogP contribution in [0.4, 0.5) is 0 Å². The van der Waals surface area contributed by atoms with Crippen LogP contribution in [-0.2, 0) is 0 Å². The largest absolute Gasteiger partial charge is 0.388 e. The molecule has 1 aliphatic rings. The molecule has 15 heavy (non-hydrogen) atoms. The standard InChI is InChI=1S/C13H17ClO/c1-7-4-10(7)13(15)11-5-9(3)12(14)6-8(11)2/h5-7,10,13,15H,4H2,1-3H3. The highest BCUT2D eigenvalue weighted by atomic mass is 35.5. The van der Waals surface area contributed by atoms with Crippen LogP contribution in [0.3, 0.4) is 0 Å². The Morgan fingerprint density at radius 3 is 2.47 bits per heavy atom. The van der Waals surface area contributed by atoms with E-state index in [-0.39, 0.29) is 6.10 Å². The van der Waals surface area contributed by atoms with Crippen LogP contribution in [-0.4, -0.2) is 5.11 Å². The van der Waals surface area contributed by atoms with E-state index in [0.717, 1.165) is 28.1 Å². The number of aliphatic hydroxyl groups excluding tert-OH is 1. The molecule has 1 aromatic carbocycles. The van der Waals surface area contributed by atoms with Gasteiger partial charge in [0.15, 0.2) is 0 Å². The van der Waals surface area contributed by atoms with Gasteiger partial charge in [-0.2, -0.15) is 0 Å². The molecule has 3 unspecified atom stereocenters. The SMILES string of the molecule is Cc1cc(C(O)C2CC2C)c(C)cc1Cl. The van der Waals surface area contributed by atoms with Gasteiger partial charge in [-0.15, -0.1) is 0 Å².